The molecule has 0 aromatic carbocycles. The Hall–Kier alpha value is -1.36. The van der Waals surface area contributed by atoms with E-state index in [0.717, 1.165) is 17.5 Å². The second kappa shape index (κ2) is 3.79. The first-order valence-electron chi connectivity index (χ1n) is 4.39. The number of nitrogens with zero attached hydrogens (tertiary/aromatic N) is 3. The van der Waals surface area contributed by atoms with Crippen molar-refractivity contribution < 1.29 is 0 Å². The van der Waals surface area contributed by atoms with Crippen molar-refractivity contribution in [2.75, 3.05) is 5.32 Å². The largest absolute Gasteiger partial charge is 0.357 e. The van der Waals surface area contributed by atoms with Gasteiger partial charge in [0.1, 0.15) is 5.82 Å². The van der Waals surface area contributed by atoms with E-state index in [2.05, 4.69) is 26.9 Å². The average Bonchev–Trinajstić information content (AvgIpc) is 2.72. The minimum absolute atomic E-state index is 0.801. The van der Waals surface area contributed by atoms with E-state index in [-0.39, 0.29) is 0 Å². The van der Waals surface area contributed by atoms with Crippen molar-refractivity contribution in [2.24, 2.45) is 7.05 Å². The molecule has 2 rings (SSSR count). The van der Waals surface area contributed by atoms with Gasteiger partial charge in [0, 0.05) is 37.5 Å². The Balaban J connectivity index is 1.94. The van der Waals surface area contributed by atoms with Gasteiger partial charge in [-0.25, -0.2) is 4.98 Å². The molecule has 5 heteroatoms. The van der Waals surface area contributed by atoms with Crippen molar-refractivity contribution in [3.63, 3.8) is 0 Å². The maximum atomic E-state index is 4.22. The lowest BCUT2D eigenvalue weighted by Crippen LogP contribution is -1.97. The summed E-state index contributed by atoms with van der Waals surface area (Å²) in [6.07, 6.45) is 4.11. The summed E-state index contributed by atoms with van der Waals surface area (Å²) >= 11 is 1.40. The van der Waals surface area contributed by atoms with Crippen molar-refractivity contribution in [3.8, 4) is 0 Å². The molecule has 2 aromatic rings. The normalized spacial score (nSPS) is 10.4. The second-order valence-corrected chi connectivity index (χ2v) is 3.94. The summed E-state index contributed by atoms with van der Waals surface area (Å²) in [5.41, 5.74) is 1.25. The van der Waals surface area contributed by atoms with Crippen molar-refractivity contribution in [2.45, 2.75) is 13.5 Å². The molecular weight excluding hydrogens is 196 g/mol. The molecule has 0 bridgehead atoms. The third-order valence-corrected chi connectivity index (χ3v) is 2.63. The number of anilines is 1. The zero-order valence-electron chi connectivity index (χ0n) is 8.19. The molecule has 74 valence electrons. The summed E-state index contributed by atoms with van der Waals surface area (Å²) in [4.78, 5) is 4.22. The van der Waals surface area contributed by atoms with Gasteiger partial charge in [0.25, 0.3) is 0 Å². The van der Waals surface area contributed by atoms with Crippen LogP contribution in [-0.4, -0.2) is 13.9 Å². The fourth-order valence-corrected chi connectivity index (χ4v) is 1.78. The van der Waals surface area contributed by atoms with Gasteiger partial charge in [-0.05, 0) is 18.6 Å². The number of aromatic nitrogens is 3. The molecule has 2 heterocycles. The summed E-state index contributed by atoms with van der Waals surface area (Å²) in [5.74, 6) is 0.825. The van der Waals surface area contributed by atoms with Crippen LogP contribution in [0.5, 0.6) is 0 Å². The Morgan fingerprint density at radius 2 is 2.43 bits per heavy atom. The highest BCUT2D eigenvalue weighted by atomic mass is 32.1. The molecule has 0 aliphatic rings. The van der Waals surface area contributed by atoms with Gasteiger partial charge in [-0.2, -0.15) is 4.37 Å². The van der Waals surface area contributed by atoms with Gasteiger partial charge in [-0.15, -0.1) is 0 Å². The van der Waals surface area contributed by atoms with Crippen LogP contribution in [0, 0.1) is 6.92 Å². The Morgan fingerprint density at radius 3 is 3.00 bits per heavy atom. The molecule has 0 saturated carbocycles. The van der Waals surface area contributed by atoms with Crippen molar-refractivity contribution >= 4 is 16.7 Å². The van der Waals surface area contributed by atoms with Crippen LogP contribution in [0.15, 0.2) is 18.5 Å². The maximum absolute atomic E-state index is 4.22. The summed E-state index contributed by atoms with van der Waals surface area (Å²) in [6, 6.07) is 2.08. The number of hydrogen-bond donors (Lipinski definition) is 1. The third-order valence-electron chi connectivity index (χ3n) is 1.86. The first-order chi connectivity index (χ1) is 6.74. The first-order valence-corrected chi connectivity index (χ1v) is 5.16. The van der Waals surface area contributed by atoms with Crippen LogP contribution in [-0.2, 0) is 13.6 Å². The van der Waals surface area contributed by atoms with Crippen LogP contribution in [0.4, 0.5) is 5.13 Å². The van der Waals surface area contributed by atoms with Crippen LogP contribution in [0.2, 0.25) is 0 Å². The fourth-order valence-electron chi connectivity index (χ4n) is 1.21. The fraction of sp³-hybridized carbons (Fsp3) is 0.333. The summed E-state index contributed by atoms with van der Waals surface area (Å²) in [6.45, 7) is 2.69. The molecule has 14 heavy (non-hydrogen) atoms. The van der Waals surface area contributed by atoms with E-state index in [4.69, 9.17) is 0 Å². The predicted octanol–water partition coefficient (Wildman–Crippen LogP) is 1.80. The zero-order valence-corrected chi connectivity index (χ0v) is 9.01. The Morgan fingerprint density at radius 1 is 1.57 bits per heavy atom. The smallest absolute Gasteiger partial charge is 0.202 e. The second-order valence-electron chi connectivity index (χ2n) is 3.19. The van der Waals surface area contributed by atoms with Crippen molar-refractivity contribution in [3.05, 3.63) is 29.8 Å². The SMILES string of the molecule is Cc1nsc(NCc2ccn(C)c2)n1. The molecule has 0 saturated heterocycles. The summed E-state index contributed by atoms with van der Waals surface area (Å²) in [5, 5.41) is 4.11. The molecule has 0 fully saturated rings. The molecule has 1 N–H and O–H groups in total. The van der Waals surface area contributed by atoms with Crippen LogP contribution in [0.25, 0.3) is 0 Å². The van der Waals surface area contributed by atoms with Gasteiger partial charge < -0.3 is 9.88 Å². The van der Waals surface area contributed by atoms with Gasteiger partial charge in [0.05, 0.1) is 0 Å². The van der Waals surface area contributed by atoms with E-state index in [0.29, 0.717) is 0 Å². The lowest BCUT2D eigenvalue weighted by Gasteiger charge is -1.98. The molecule has 0 spiro atoms. The van der Waals surface area contributed by atoms with Gasteiger partial charge in [-0.3, -0.25) is 0 Å². The van der Waals surface area contributed by atoms with E-state index in [9.17, 15) is 0 Å². The quantitative estimate of drug-likeness (QED) is 0.836. The molecule has 0 atom stereocenters. The first kappa shape index (κ1) is 9.21. The Bertz CT molecular complexity index is 378. The standard InChI is InChI=1S/C9H12N4S/c1-7-11-9(14-12-7)10-5-8-3-4-13(2)6-8/h3-4,6H,5H2,1-2H3,(H,10,11,12). The van der Waals surface area contributed by atoms with E-state index >= 15 is 0 Å². The lowest BCUT2D eigenvalue weighted by molar-refractivity contribution is 0.920. The minimum Gasteiger partial charge on any atom is -0.357 e. The predicted molar refractivity (Wildman–Crippen MR) is 57.4 cm³/mol. The van der Waals surface area contributed by atoms with E-state index in [1.165, 1.54) is 17.1 Å². The van der Waals surface area contributed by atoms with Crippen molar-refractivity contribution in [1.82, 2.24) is 13.9 Å². The molecule has 0 unspecified atom stereocenters. The lowest BCUT2D eigenvalue weighted by atomic mass is 10.3. The number of aryl methyl sites for hydroxylation is 2. The van der Waals surface area contributed by atoms with Gasteiger partial charge in [0.2, 0.25) is 5.13 Å². The maximum Gasteiger partial charge on any atom is 0.202 e. The molecule has 0 aliphatic heterocycles. The van der Waals surface area contributed by atoms with Crippen LogP contribution in [0.3, 0.4) is 0 Å². The Kier molecular flexibility index (Phi) is 2.49. The highest BCUT2D eigenvalue weighted by Crippen LogP contribution is 2.11. The third kappa shape index (κ3) is 2.11. The average molecular weight is 208 g/mol. The number of hydrogen-bond acceptors (Lipinski definition) is 4. The van der Waals surface area contributed by atoms with Crippen LogP contribution in [0.1, 0.15) is 11.4 Å². The van der Waals surface area contributed by atoms with Gasteiger partial charge >= 0.3 is 0 Å². The van der Waals surface area contributed by atoms with E-state index < -0.39 is 0 Å². The highest BCUT2D eigenvalue weighted by molar-refractivity contribution is 7.09. The summed E-state index contributed by atoms with van der Waals surface area (Å²) < 4.78 is 6.13. The molecule has 0 aliphatic carbocycles. The molecule has 4 nitrogen and oxygen atoms in total. The highest BCUT2D eigenvalue weighted by Gasteiger charge is 1.99. The number of rotatable bonds is 3. The number of nitrogens with one attached hydrogen (secondary N) is 1. The van der Waals surface area contributed by atoms with Gasteiger partial charge in [-0.1, -0.05) is 0 Å². The van der Waals surface area contributed by atoms with E-state index in [1.54, 1.807) is 0 Å². The monoisotopic (exact) mass is 208 g/mol. The molecule has 0 radical (unpaired) electrons. The van der Waals surface area contributed by atoms with Crippen molar-refractivity contribution in [1.29, 1.82) is 0 Å². The zero-order chi connectivity index (χ0) is 9.97. The van der Waals surface area contributed by atoms with Crippen LogP contribution < -0.4 is 5.32 Å². The van der Waals surface area contributed by atoms with E-state index in [1.807, 2.05) is 24.7 Å². The Labute approximate surface area is 86.8 Å². The molecule has 2 aromatic heterocycles. The van der Waals surface area contributed by atoms with Gasteiger partial charge in [0.15, 0.2) is 0 Å². The minimum atomic E-state index is 0.801. The molecule has 0 amide bonds. The summed E-state index contributed by atoms with van der Waals surface area (Å²) in [7, 11) is 2.01. The van der Waals surface area contributed by atoms with Crippen LogP contribution >= 0.6 is 11.5 Å². The molecular formula is C9H12N4S. The topological polar surface area (TPSA) is 42.7 Å².